The summed E-state index contributed by atoms with van der Waals surface area (Å²) in [7, 11) is 0. The number of fused-ring (bicyclic) bond motifs is 1. The molecule has 7 nitrogen and oxygen atoms in total. The van der Waals surface area contributed by atoms with Crippen molar-refractivity contribution in [3.8, 4) is 23.0 Å². The smallest absolute Gasteiger partial charge is 0.308 e. The van der Waals surface area contributed by atoms with Crippen molar-refractivity contribution in [3.05, 3.63) is 44.3 Å². The second-order valence-electron chi connectivity index (χ2n) is 6.00. The molecule has 0 spiro atoms. The van der Waals surface area contributed by atoms with Gasteiger partial charge < -0.3 is 19.3 Å². The number of hydrogen-bond donors (Lipinski definition) is 1. The summed E-state index contributed by atoms with van der Waals surface area (Å²) in [6.07, 6.45) is -0.632. The largest absolute Gasteiger partial charge is 0.506 e. The number of rotatable bonds is 3. The fourth-order valence-corrected chi connectivity index (χ4v) is 4.11. The number of halogens is 2. The lowest BCUT2D eigenvalue weighted by Gasteiger charge is -2.28. The molecule has 0 aromatic heterocycles. The lowest BCUT2D eigenvalue weighted by molar-refractivity contribution is -0.132. The monoisotopic (exact) mass is 512 g/mol. The van der Waals surface area contributed by atoms with E-state index in [1.165, 1.54) is 13.8 Å². The first-order valence-electron chi connectivity index (χ1n) is 8.09. The Balaban J connectivity index is 1.99. The van der Waals surface area contributed by atoms with E-state index in [4.69, 9.17) is 14.2 Å². The molecule has 1 heterocycles. The van der Waals surface area contributed by atoms with Crippen LogP contribution in [0.25, 0.3) is 0 Å². The molecule has 28 heavy (non-hydrogen) atoms. The molecule has 1 N–H and O–H groups in total. The first-order valence-corrected chi connectivity index (χ1v) is 9.68. The van der Waals surface area contributed by atoms with Gasteiger partial charge in [0.05, 0.1) is 6.42 Å². The second-order valence-corrected chi connectivity index (χ2v) is 7.59. The van der Waals surface area contributed by atoms with Gasteiger partial charge in [0.15, 0.2) is 17.3 Å². The number of hydrogen-bond acceptors (Lipinski definition) is 7. The van der Waals surface area contributed by atoms with Crippen LogP contribution in [0.15, 0.2) is 33.2 Å². The summed E-state index contributed by atoms with van der Waals surface area (Å²) in [4.78, 5) is 35.1. The van der Waals surface area contributed by atoms with Gasteiger partial charge in [-0.15, -0.1) is 0 Å². The molecule has 2 aromatic rings. The maximum absolute atomic E-state index is 12.7. The summed E-state index contributed by atoms with van der Waals surface area (Å²) in [6, 6.07) is 6.55. The predicted molar refractivity (Wildman–Crippen MR) is 105 cm³/mol. The molecule has 1 aliphatic rings. The van der Waals surface area contributed by atoms with Crippen molar-refractivity contribution in [2.75, 3.05) is 0 Å². The number of phenols is 1. The quantitative estimate of drug-likeness (QED) is 0.477. The van der Waals surface area contributed by atoms with Crippen molar-refractivity contribution in [2.45, 2.75) is 26.4 Å². The summed E-state index contributed by atoms with van der Waals surface area (Å²) in [5, 5.41) is 10.4. The van der Waals surface area contributed by atoms with Gasteiger partial charge >= 0.3 is 11.9 Å². The van der Waals surface area contributed by atoms with E-state index in [9.17, 15) is 19.5 Å². The number of ketones is 1. The first-order chi connectivity index (χ1) is 13.2. The van der Waals surface area contributed by atoms with Crippen molar-refractivity contribution >= 4 is 49.6 Å². The van der Waals surface area contributed by atoms with Crippen LogP contribution in [0.1, 0.15) is 42.3 Å². The van der Waals surface area contributed by atoms with Crippen LogP contribution in [0.4, 0.5) is 0 Å². The molecule has 3 rings (SSSR count). The Labute approximate surface area is 176 Å². The van der Waals surface area contributed by atoms with E-state index >= 15 is 0 Å². The van der Waals surface area contributed by atoms with Gasteiger partial charge in [-0.25, -0.2) is 0 Å². The zero-order chi connectivity index (χ0) is 20.6. The van der Waals surface area contributed by atoms with E-state index in [0.29, 0.717) is 11.3 Å². The van der Waals surface area contributed by atoms with Gasteiger partial charge in [0.1, 0.15) is 32.1 Å². The summed E-state index contributed by atoms with van der Waals surface area (Å²) >= 11 is 6.44. The molecule has 0 saturated heterocycles. The Bertz CT molecular complexity index is 983. The lowest BCUT2D eigenvalue weighted by Crippen LogP contribution is -2.21. The van der Waals surface area contributed by atoms with Crippen molar-refractivity contribution in [1.29, 1.82) is 0 Å². The average Bonchev–Trinajstić information content (AvgIpc) is 2.62. The molecule has 0 bridgehead atoms. The number of aromatic hydroxyl groups is 1. The van der Waals surface area contributed by atoms with E-state index in [2.05, 4.69) is 31.9 Å². The van der Waals surface area contributed by atoms with Gasteiger partial charge in [0.25, 0.3) is 0 Å². The highest BCUT2D eigenvalue weighted by Crippen LogP contribution is 2.52. The van der Waals surface area contributed by atoms with Gasteiger partial charge in [-0.1, -0.05) is 12.1 Å². The van der Waals surface area contributed by atoms with E-state index in [0.717, 1.165) is 0 Å². The van der Waals surface area contributed by atoms with Crippen molar-refractivity contribution in [1.82, 2.24) is 0 Å². The minimum absolute atomic E-state index is 0.000730. The molecule has 0 saturated carbocycles. The Morgan fingerprint density at radius 3 is 2.25 bits per heavy atom. The molecule has 146 valence electrons. The number of ether oxygens (including phenoxy) is 3. The third-order valence-electron chi connectivity index (χ3n) is 3.94. The normalized spacial score (nSPS) is 15.4. The molecule has 1 aliphatic heterocycles. The number of carbonyl (C=O) groups excluding carboxylic acids is 3. The SMILES string of the molecule is CC(=O)Oc1ccc(C2CC(=O)c3c(O)c(Br)c(OC(C)=O)c(Br)c3O2)cc1. The van der Waals surface area contributed by atoms with Crippen molar-refractivity contribution < 1.29 is 33.7 Å². The van der Waals surface area contributed by atoms with Crippen LogP contribution in [-0.4, -0.2) is 22.8 Å². The summed E-state index contributed by atoms with van der Waals surface area (Å²) in [5.41, 5.74) is 0.681. The number of benzene rings is 2. The Kier molecular flexibility index (Phi) is 5.76. The Hall–Kier alpha value is -2.39. The van der Waals surface area contributed by atoms with Crippen LogP contribution in [0, 0.1) is 0 Å². The molecule has 0 amide bonds. The van der Waals surface area contributed by atoms with Crippen LogP contribution in [0.5, 0.6) is 23.0 Å². The van der Waals surface area contributed by atoms with Crippen LogP contribution < -0.4 is 14.2 Å². The molecule has 0 radical (unpaired) electrons. The van der Waals surface area contributed by atoms with Crippen LogP contribution >= 0.6 is 31.9 Å². The van der Waals surface area contributed by atoms with Crippen LogP contribution in [0.2, 0.25) is 0 Å². The second kappa shape index (κ2) is 7.92. The van der Waals surface area contributed by atoms with Gasteiger partial charge in [0, 0.05) is 13.8 Å². The Morgan fingerprint density at radius 2 is 1.68 bits per heavy atom. The maximum atomic E-state index is 12.7. The topological polar surface area (TPSA) is 99.1 Å². The highest BCUT2D eigenvalue weighted by atomic mass is 79.9. The minimum atomic E-state index is -0.631. The van der Waals surface area contributed by atoms with Crippen LogP contribution in [0.3, 0.4) is 0 Å². The van der Waals surface area contributed by atoms with E-state index in [1.807, 2.05) is 0 Å². The molecule has 0 aliphatic carbocycles. The molecule has 0 fully saturated rings. The highest BCUT2D eigenvalue weighted by molar-refractivity contribution is 9.11. The molecular formula is C19H14Br2O7. The molecule has 1 atom stereocenters. The van der Waals surface area contributed by atoms with Crippen LogP contribution in [-0.2, 0) is 9.59 Å². The zero-order valence-electron chi connectivity index (χ0n) is 14.7. The molecule has 1 unspecified atom stereocenters. The summed E-state index contributed by atoms with van der Waals surface area (Å²) in [6.45, 7) is 2.52. The predicted octanol–water partition coefficient (Wildman–Crippen LogP) is 4.47. The first kappa shape index (κ1) is 20.3. The number of phenolic OH excluding ortho intramolecular Hbond substituents is 1. The summed E-state index contributed by atoms with van der Waals surface area (Å²) < 4.78 is 16.4. The lowest BCUT2D eigenvalue weighted by atomic mass is 9.95. The van der Waals surface area contributed by atoms with Gasteiger partial charge in [0.2, 0.25) is 0 Å². The Morgan fingerprint density at radius 1 is 1.07 bits per heavy atom. The molecular weight excluding hydrogens is 500 g/mol. The van der Waals surface area contributed by atoms with Gasteiger partial charge in [-0.2, -0.15) is 0 Å². The average molecular weight is 514 g/mol. The zero-order valence-corrected chi connectivity index (χ0v) is 17.9. The number of carbonyl (C=O) groups is 3. The molecule has 9 heteroatoms. The molecule has 2 aromatic carbocycles. The van der Waals surface area contributed by atoms with E-state index in [1.54, 1.807) is 24.3 Å². The number of Topliss-reactive ketones (excluding diaryl/α,β-unsaturated/α-hetero) is 1. The van der Waals surface area contributed by atoms with E-state index in [-0.39, 0.29) is 44.0 Å². The third kappa shape index (κ3) is 3.90. The highest BCUT2D eigenvalue weighted by Gasteiger charge is 2.35. The fourth-order valence-electron chi connectivity index (χ4n) is 2.79. The van der Waals surface area contributed by atoms with Crippen molar-refractivity contribution in [3.63, 3.8) is 0 Å². The van der Waals surface area contributed by atoms with E-state index < -0.39 is 18.0 Å². The standard InChI is InChI=1S/C19H14Br2O7/c1-8(22)26-11-5-3-10(4-6-11)13-7-12(24)14-17(25)15(20)19(27-9(2)23)16(21)18(14)28-13/h3-6,13,25H,7H2,1-2H3. The van der Waals surface area contributed by atoms with Gasteiger partial charge in [-0.3, -0.25) is 14.4 Å². The number of esters is 2. The summed E-state index contributed by atoms with van der Waals surface area (Å²) in [5.74, 6) is -1.25. The van der Waals surface area contributed by atoms with Gasteiger partial charge in [-0.05, 0) is 49.6 Å². The third-order valence-corrected chi connectivity index (χ3v) is 5.39. The maximum Gasteiger partial charge on any atom is 0.308 e. The fraction of sp³-hybridized carbons (Fsp3) is 0.211. The minimum Gasteiger partial charge on any atom is -0.506 e. The van der Waals surface area contributed by atoms with Crippen molar-refractivity contribution in [2.24, 2.45) is 0 Å².